The van der Waals surface area contributed by atoms with Crippen molar-refractivity contribution in [3.05, 3.63) is 35.5 Å². The van der Waals surface area contributed by atoms with Crippen molar-refractivity contribution in [1.29, 1.82) is 0 Å². The summed E-state index contributed by atoms with van der Waals surface area (Å²) in [5.74, 6) is -0.256. The number of nitrogens with zero attached hydrogens (tertiary/aromatic N) is 2. The number of carbonyl (C=O) groups is 1. The second-order valence-corrected chi connectivity index (χ2v) is 5.84. The number of aromatic nitrogens is 1. The third-order valence-corrected chi connectivity index (χ3v) is 4.44. The minimum Gasteiger partial charge on any atom is -0.394 e. The molecule has 0 spiro atoms. The highest BCUT2D eigenvalue weighted by Gasteiger charge is 2.32. The van der Waals surface area contributed by atoms with E-state index in [2.05, 4.69) is 0 Å². The van der Waals surface area contributed by atoms with Crippen LogP contribution in [0.1, 0.15) is 28.9 Å². The number of likely N-dealkylation sites (tertiary alicyclic amines) is 1. The maximum absolute atomic E-state index is 12.8. The number of aryl methyl sites for hydroxylation is 1. The Bertz CT molecular complexity index is 752. The van der Waals surface area contributed by atoms with Crippen LogP contribution in [0.4, 0.5) is 13.2 Å². The maximum Gasteiger partial charge on any atom is 0.416 e. The van der Waals surface area contributed by atoms with Gasteiger partial charge in [0.15, 0.2) is 0 Å². The summed E-state index contributed by atoms with van der Waals surface area (Å²) in [5.41, 5.74) is 0.171. The van der Waals surface area contributed by atoms with Crippen molar-refractivity contribution < 1.29 is 23.1 Å². The number of rotatable bonds is 2. The monoisotopic (exact) mass is 326 g/mol. The molecule has 124 valence electrons. The van der Waals surface area contributed by atoms with Crippen LogP contribution in [0.5, 0.6) is 0 Å². The molecule has 1 aromatic heterocycles. The number of hydrogen-bond acceptors (Lipinski definition) is 2. The first-order valence-electron chi connectivity index (χ1n) is 7.41. The van der Waals surface area contributed by atoms with E-state index in [0.717, 1.165) is 25.0 Å². The summed E-state index contributed by atoms with van der Waals surface area (Å²) in [6, 6.07) is 4.72. The van der Waals surface area contributed by atoms with Crippen LogP contribution in [0.2, 0.25) is 0 Å². The zero-order valence-electron chi connectivity index (χ0n) is 12.6. The van der Waals surface area contributed by atoms with Crippen molar-refractivity contribution >= 4 is 16.8 Å². The summed E-state index contributed by atoms with van der Waals surface area (Å²) in [5, 5.41) is 9.72. The molecule has 1 aliphatic heterocycles. The number of aliphatic hydroxyl groups excluding tert-OH is 1. The normalized spacial score (nSPS) is 18.8. The van der Waals surface area contributed by atoms with E-state index in [1.807, 2.05) is 0 Å². The first-order chi connectivity index (χ1) is 10.8. The third-order valence-electron chi connectivity index (χ3n) is 4.44. The van der Waals surface area contributed by atoms with Crippen LogP contribution in [0.25, 0.3) is 10.9 Å². The summed E-state index contributed by atoms with van der Waals surface area (Å²) >= 11 is 0. The average Bonchev–Trinajstić information content (AvgIpc) is 3.10. The Hall–Kier alpha value is -2.02. The molecule has 2 aromatic rings. The standard InChI is InChI=1S/C16H17F3N2O2/c1-20-13-5-4-11(16(17,18)19)7-10(13)8-14(20)15(23)21-6-2-3-12(21)9-22/h4-5,7-8,12,22H,2-3,6,9H2,1H3/t12-/m1/s1. The zero-order chi connectivity index (χ0) is 16.8. The fourth-order valence-corrected chi connectivity index (χ4v) is 3.17. The van der Waals surface area contributed by atoms with Crippen LogP contribution in [-0.4, -0.2) is 39.7 Å². The molecular formula is C16H17F3N2O2. The van der Waals surface area contributed by atoms with Gasteiger partial charge in [0.1, 0.15) is 5.69 Å². The van der Waals surface area contributed by atoms with E-state index in [-0.39, 0.29) is 18.6 Å². The van der Waals surface area contributed by atoms with E-state index in [0.29, 0.717) is 23.1 Å². The van der Waals surface area contributed by atoms with Crippen molar-refractivity contribution in [3.63, 3.8) is 0 Å². The van der Waals surface area contributed by atoms with Gasteiger partial charge in [0.25, 0.3) is 5.91 Å². The molecule has 1 aromatic carbocycles. The van der Waals surface area contributed by atoms with Gasteiger partial charge in [-0.15, -0.1) is 0 Å². The maximum atomic E-state index is 12.8. The first-order valence-corrected chi connectivity index (χ1v) is 7.41. The summed E-state index contributed by atoms with van der Waals surface area (Å²) < 4.78 is 40.0. The van der Waals surface area contributed by atoms with Crippen LogP contribution >= 0.6 is 0 Å². The van der Waals surface area contributed by atoms with Crippen molar-refractivity contribution in [2.75, 3.05) is 13.2 Å². The minimum atomic E-state index is -4.41. The van der Waals surface area contributed by atoms with E-state index < -0.39 is 11.7 Å². The molecule has 1 aliphatic rings. The Morgan fingerprint density at radius 1 is 1.35 bits per heavy atom. The molecule has 0 saturated carbocycles. The van der Waals surface area contributed by atoms with Gasteiger partial charge in [0.2, 0.25) is 0 Å². The summed E-state index contributed by atoms with van der Waals surface area (Å²) in [6.07, 6.45) is -2.85. The van der Waals surface area contributed by atoms with Crippen molar-refractivity contribution in [3.8, 4) is 0 Å². The Kier molecular flexibility index (Phi) is 3.83. The van der Waals surface area contributed by atoms with Crippen LogP contribution in [0.15, 0.2) is 24.3 Å². The number of benzene rings is 1. The van der Waals surface area contributed by atoms with Gasteiger partial charge in [0, 0.05) is 24.5 Å². The van der Waals surface area contributed by atoms with Gasteiger partial charge in [-0.2, -0.15) is 13.2 Å². The smallest absolute Gasteiger partial charge is 0.394 e. The van der Waals surface area contributed by atoms with Crippen molar-refractivity contribution in [2.45, 2.75) is 25.1 Å². The molecule has 4 nitrogen and oxygen atoms in total. The number of hydrogen-bond donors (Lipinski definition) is 1. The first kappa shape index (κ1) is 15.9. The SMILES string of the molecule is Cn1c(C(=O)N2CCC[C@@H]2CO)cc2cc(C(F)(F)F)ccc21. The van der Waals surface area contributed by atoms with Crippen LogP contribution in [0.3, 0.4) is 0 Å². The molecule has 3 rings (SSSR count). The van der Waals surface area contributed by atoms with Crippen LogP contribution < -0.4 is 0 Å². The van der Waals surface area contributed by atoms with E-state index in [1.165, 1.54) is 12.1 Å². The molecular weight excluding hydrogens is 309 g/mol. The van der Waals surface area contributed by atoms with Gasteiger partial charge in [-0.05, 0) is 37.1 Å². The summed E-state index contributed by atoms with van der Waals surface area (Å²) in [4.78, 5) is 14.3. The fraction of sp³-hybridized carbons (Fsp3) is 0.438. The van der Waals surface area contributed by atoms with Crippen LogP contribution in [0, 0.1) is 0 Å². The zero-order valence-corrected chi connectivity index (χ0v) is 12.6. The molecule has 0 bridgehead atoms. The molecule has 1 amide bonds. The topological polar surface area (TPSA) is 45.5 Å². The number of carbonyl (C=O) groups excluding carboxylic acids is 1. The number of amides is 1. The Balaban J connectivity index is 2.01. The molecule has 23 heavy (non-hydrogen) atoms. The lowest BCUT2D eigenvalue weighted by Crippen LogP contribution is -2.38. The van der Waals surface area contributed by atoms with Gasteiger partial charge in [0.05, 0.1) is 18.2 Å². The summed E-state index contributed by atoms with van der Waals surface area (Å²) in [6.45, 7) is 0.452. The molecule has 7 heteroatoms. The van der Waals surface area contributed by atoms with Gasteiger partial charge >= 0.3 is 6.18 Å². The largest absolute Gasteiger partial charge is 0.416 e. The van der Waals surface area contributed by atoms with Crippen molar-refractivity contribution in [2.24, 2.45) is 7.05 Å². The lowest BCUT2D eigenvalue weighted by atomic mass is 10.1. The summed E-state index contributed by atoms with van der Waals surface area (Å²) in [7, 11) is 1.66. The van der Waals surface area contributed by atoms with Crippen LogP contribution in [-0.2, 0) is 13.2 Å². The number of halogens is 3. The lowest BCUT2D eigenvalue weighted by molar-refractivity contribution is -0.137. The highest BCUT2D eigenvalue weighted by Crippen LogP contribution is 2.32. The molecule has 1 atom stereocenters. The van der Waals surface area contributed by atoms with E-state index in [4.69, 9.17) is 0 Å². The second kappa shape index (κ2) is 5.56. The highest BCUT2D eigenvalue weighted by molar-refractivity contribution is 5.99. The number of fused-ring (bicyclic) bond motifs is 1. The van der Waals surface area contributed by atoms with Crippen molar-refractivity contribution in [1.82, 2.24) is 9.47 Å². The minimum absolute atomic E-state index is 0.103. The number of alkyl halides is 3. The molecule has 0 radical (unpaired) electrons. The molecule has 1 N–H and O–H groups in total. The molecule has 1 fully saturated rings. The molecule has 0 aliphatic carbocycles. The van der Waals surface area contributed by atoms with Gasteiger partial charge < -0.3 is 14.6 Å². The predicted molar refractivity (Wildman–Crippen MR) is 79.1 cm³/mol. The lowest BCUT2D eigenvalue weighted by Gasteiger charge is -2.23. The van der Waals surface area contributed by atoms with Gasteiger partial charge in [-0.1, -0.05) is 0 Å². The van der Waals surface area contributed by atoms with Gasteiger partial charge in [-0.25, -0.2) is 0 Å². The second-order valence-electron chi connectivity index (χ2n) is 5.84. The molecule has 2 heterocycles. The van der Waals surface area contributed by atoms with E-state index in [9.17, 15) is 23.1 Å². The fourth-order valence-electron chi connectivity index (χ4n) is 3.17. The quantitative estimate of drug-likeness (QED) is 0.922. The van der Waals surface area contributed by atoms with E-state index >= 15 is 0 Å². The predicted octanol–water partition coefficient (Wildman–Crippen LogP) is 2.79. The Labute approximate surface area is 131 Å². The average molecular weight is 326 g/mol. The number of aliphatic hydroxyl groups is 1. The molecule has 0 unspecified atom stereocenters. The highest BCUT2D eigenvalue weighted by atomic mass is 19.4. The van der Waals surface area contributed by atoms with E-state index in [1.54, 1.807) is 16.5 Å². The molecule has 1 saturated heterocycles. The van der Waals surface area contributed by atoms with Gasteiger partial charge in [-0.3, -0.25) is 4.79 Å². The third kappa shape index (κ3) is 2.69. The Morgan fingerprint density at radius 3 is 2.74 bits per heavy atom. The Morgan fingerprint density at radius 2 is 2.09 bits per heavy atom.